The third-order valence-electron chi connectivity index (χ3n) is 8.47. The Hall–Kier alpha value is -5.84. The van der Waals surface area contributed by atoms with Crippen LogP contribution >= 0.6 is 22.6 Å². The van der Waals surface area contributed by atoms with E-state index in [4.69, 9.17) is 27.7 Å². The number of halogens is 1. The van der Waals surface area contributed by atoms with Crippen molar-refractivity contribution < 1.29 is 53.3 Å². The zero-order valence-corrected chi connectivity index (χ0v) is 33.7. The number of primary amides is 1. The lowest BCUT2D eigenvalue weighted by Gasteiger charge is -2.34. The molecule has 0 aliphatic carbocycles. The normalized spacial score (nSPS) is 24.4. The maximum Gasteiger partial charge on any atom is 0.409 e. The molecule has 0 saturated carbocycles. The fraction of sp³-hybridized carbons (Fsp3) is 0.485. The first kappa shape index (κ1) is 47.5. The van der Waals surface area contributed by atoms with Crippen LogP contribution in [0, 0.1) is 3.57 Å². The lowest BCUT2D eigenvalue weighted by molar-refractivity contribution is -0.135. The molecule has 2 aliphatic rings. The lowest BCUT2D eigenvalue weighted by atomic mass is 10.00. The fourth-order valence-corrected chi connectivity index (χ4v) is 6.14. The molecule has 25 nitrogen and oxygen atoms in total. The summed E-state index contributed by atoms with van der Waals surface area (Å²) in [6, 6.07) is -2.77. The number of urea groups is 1. The van der Waals surface area contributed by atoms with Crippen LogP contribution in [0.25, 0.3) is 0 Å². The molecule has 3 rings (SSSR count). The van der Waals surface area contributed by atoms with E-state index < -0.39 is 115 Å². The number of nitrogens with one attached hydrogen (secondary N) is 9. The van der Waals surface area contributed by atoms with Crippen molar-refractivity contribution in [1.29, 1.82) is 0 Å². The largest absolute Gasteiger partial charge is 0.445 e. The number of hydrogen-bond acceptors (Lipinski definition) is 16. The second-order valence-corrected chi connectivity index (χ2v) is 14.4. The van der Waals surface area contributed by atoms with Gasteiger partial charge in [0.05, 0.1) is 19.3 Å². The number of aliphatic imine (C=N–C) groups is 1. The van der Waals surface area contributed by atoms with Gasteiger partial charge in [-0.05, 0) is 59.7 Å². The molecule has 26 heteroatoms. The first-order chi connectivity index (χ1) is 28.0. The molecule has 7 atom stereocenters. The summed E-state index contributed by atoms with van der Waals surface area (Å²) in [5.74, 6) is -6.77. The van der Waals surface area contributed by atoms with Crippen LogP contribution in [0.1, 0.15) is 31.2 Å². The molecule has 1 aromatic rings. The minimum absolute atomic E-state index is 0.0949. The number of nitrogens with two attached hydrogens (primary N) is 4. The van der Waals surface area contributed by atoms with Gasteiger partial charge in [-0.2, -0.15) is 0 Å². The molecule has 1 saturated heterocycles. The van der Waals surface area contributed by atoms with Crippen LogP contribution in [0.4, 0.5) is 9.59 Å². The lowest BCUT2D eigenvalue weighted by Crippen LogP contribution is -2.65. The summed E-state index contributed by atoms with van der Waals surface area (Å²) in [4.78, 5) is 109. The van der Waals surface area contributed by atoms with Crippen LogP contribution in [-0.2, 0) is 40.1 Å². The third-order valence-corrected chi connectivity index (χ3v) is 9.14. The standard InChI is InChI=1S/C33H49IN14O11/c34-16-4-1-3-15(7-16)14-59-33(58)47-23-9-18(45-31(37)46-23)25-30(56)39-10-19(41-24(51)8-17(36)5-2-6-35)26(52)43-22(13-50)29(55)44-21(12-49)28(54)42-20(27(53)48-25)11-40-32(38)57/h1,3-4,7,11,17-19,21-23,25,49-50H,2,5-6,8-10,12-14,35-36H2,(H,39,56)(H,41,51)(H,42,54)(H,43,52)(H,44,55)(H,47,58)(H,48,53)(H3,37,45,46)(H3,38,40,57)/b20-11-/t17-,18?,19?,21+,22+,23?,25+/m0/s1. The molecule has 2 heterocycles. The molecule has 19 N–H and O–H groups in total. The van der Waals surface area contributed by atoms with Crippen molar-refractivity contribution >= 4 is 76.1 Å². The Balaban J connectivity index is 1.98. The van der Waals surface area contributed by atoms with Gasteiger partial charge in [-0.25, -0.2) is 14.6 Å². The molecule has 9 amide bonds. The fourth-order valence-electron chi connectivity index (χ4n) is 5.53. The van der Waals surface area contributed by atoms with E-state index in [0.29, 0.717) is 31.1 Å². The Kier molecular flexibility index (Phi) is 19.0. The van der Waals surface area contributed by atoms with E-state index >= 15 is 0 Å². The van der Waals surface area contributed by atoms with Crippen molar-refractivity contribution in [2.75, 3.05) is 26.3 Å². The molecule has 59 heavy (non-hydrogen) atoms. The monoisotopic (exact) mass is 944 g/mol. The Morgan fingerprint density at radius 1 is 0.983 bits per heavy atom. The molecular formula is C33H49IN14O11. The summed E-state index contributed by atoms with van der Waals surface area (Å²) >= 11 is 2.10. The van der Waals surface area contributed by atoms with Gasteiger partial charge in [-0.15, -0.1) is 0 Å². The Labute approximate surface area is 350 Å². The smallest absolute Gasteiger partial charge is 0.409 e. The number of amides is 9. The second kappa shape index (κ2) is 23.5. The van der Waals surface area contributed by atoms with E-state index in [-0.39, 0.29) is 25.4 Å². The third kappa shape index (κ3) is 15.8. The Bertz CT molecular complexity index is 1780. The van der Waals surface area contributed by atoms with Gasteiger partial charge in [0.15, 0.2) is 5.96 Å². The molecule has 3 unspecified atom stereocenters. The number of aliphatic hydroxyl groups is 2. The summed E-state index contributed by atoms with van der Waals surface area (Å²) < 4.78 is 6.22. The van der Waals surface area contributed by atoms with Gasteiger partial charge in [0, 0.05) is 35.2 Å². The molecule has 0 spiro atoms. The number of nitrogens with zero attached hydrogens (tertiary/aromatic N) is 1. The highest BCUT2D eigenvalue weighted by atomic mass is 127. The topological polar surface area (TPSA) is 411 Å². The maximum atomic E-state index is 14.0. The van der Waals surface area contributed by atoms with E-state index in [1.807, 2.05) is 11.4 Å². The molecule has 0 bridgehead atoms. The van der Waals surface area contributed by atoms with Crippen LogP contribution in [-0.4, -0.2) is 132 Å². The molecule has 0 radical (unpaired) electrons. The molecule has 2 aliphatic heterocycles. The molecule has 0 aromatic heterocycles. The summed E-state index contributed by atoms with van der Waals surface area (Å²) in [6.07, 6.45) is -0.991. The molecule has 324 valence electrons. The van der Waals surface area contributed by atoms with Crippen LogP contribution in [0.3, 0.4) is 0 Å². The minimum Gasteiger partial charge on any atom is -0.445 e. The van der Waals surface area contributed by atoms with E-state index in [1.54, 1.807) is 18.2 Å². The van der Waals surface area contributed by atoms with Gasteiger partial charge in [0.1, 0.15) is 42.6 Å². The Morgan fingerprint density at radius 2 is 1.68 bits per heavy atom. The number of carbonyl (C=O) groups is 8. The number of aliphatic hydroxyl groups excluding tert-OH is 2. The average Bonchev–Trinajstić information content (AvgIpc) is 3.18. The number of ether oxygens (including phenoxy) is 1. The number of carbonyl (C=O) groups excluding carboxylic acids is 8. The quantitative estimate of drug-likeness (QED) is 0.0646. The zero-order valence-electron chi connectivity index (χ0n) is 31.5. The van der Waals surface area contributed by atoms with Gasteiger partial charge in [0.2, 0.25) is 29.5 Å². The summed E-state index contributed by atoms with van der Waals surface area (Å²) in [5.41, 5.74) is 22.7. The van der Waals surface area contributed by atoms with Crippen LogP contribution in [0.5, 0.6) is 0 Å². The zero-order chi connectivity index (χ0) is 43.6. The summed E-state index contributed by atoms with van der Waals surface area (Å²) in [5, 5.41) is 40.9. The summed E-state index contributed by atoms with van der Waals surface area (Å²) in [6.45, 7) is -2.55. The second-order valence-electron chi connectivity index (χ2n) is 13.1. The van der Waals surface area contributed by atoms with E-state index in [9.17, 15) is 48.6 Å². The maximum absolute atomic E-state index is 14.0. The highest BCUT2D eigenvalue weighted by Crippen LogP contribution is 2.13. The van der Waals surface area contributed by atoms with Gasteiger partial charge in [-0.1, -0.05) is 12.1 Å². The van der Waals surface area contributed by atoms with Gasteiger partial charge in [-0.3, -0.25) is 34.1 Å². The van der Waals surface area contributed by atoms with Gasteiger partial charge < -0.3 is 80.4 Å². The number of alkyl carbamates (subject to hydrolysis) is 1. The first-order valence-corrected chi connectivity index (χ1v) is 19.1. The molecular weight excluding hydrogens is 895 g/mol. The van der Waals surface area contributed by atoms with Crippen LogP contribution in [0.2, 0.25) is 0 Å². The number of hydrogen-bond donors (Lipinski definition) is 15. The predicted molar refractivity (Wildman–Crippen MR) is 214 cm³/mol. The summed E-state index contributed by atoms with van der Waals surface area (Å²) in [7, 11) is 0. The average molecular weight is 945 g/mol. The first-order valence-electron chi connectivity index (χ1n) is 18.0. The highest BCUT2D eigenvalue weighted by Gasteiger charge is 2.38. The van der Waals surface area contributed by atoms with Gasteiger partial charge in [0.25, 0.3) is 5.91 Å². The Morgan fingerprint density at radius 3 is 2.34 bits per heavy atom. The molecule has 1 fully saturated rings. The van der Waals surface area contributed by atoms with Crippen LogP contribution in [0.15, 0.2) is 41.2 Å². The SMILES string of the molecule is NCCC[C@H](N)CC(=O)NC1CNC(=O)[C@@H](C2CC(NC(=O)OCc3cccc(I)c3)N=C(N)N2)NC(=O)/C(=C/NC(N)=O)NC(=O)[C@@H](CO)NC(=O)[C@@H](CO)NC1=O. The van der Waals surface area contributed by atoms with E-state index in [0.717, 1.165) is 3.57 Å². The van der Waals surface area contributed by atoms with Crippen molar-refractivity contribution in [2.24, 2.45) is 27.9 Å². The van der Waals surface area contributed by atoms with E-state index in [2.05, 4.69) is 70.1 Å². The van der Waals surface area contributed by atoms with Crippen LogP contribution < -0.4 is 70.8 Å². The minimum atomic E-state index is -1.82. The number of benzene rings is 1. The predicted octanol–water partition coefficient (Wildman–Crippen LogP) is -6.34. The van der Waals surface area contributed by atoms with Crippen molar-refractivity contribution in [3.63, 3.8) is 0 Å². The molecule has 1 aromatic carbocycles. The van der Waals surface area contributed by atoms with Crippen molar-refractivity contribution in [3.05, 3.63) is 45.3 Å². The highest BCUT2D eigenvalue weighted by molar-refractivity contribution is 14.1. The number of rotatable bonds is 13. The van der Waals surface area contributed by atoms with Crippen molar-refractivity contribution in [3.8, 4) is 0 Å². The van der Waals surface area contributed by atoms with E-state index in [1.165, 1.54) is 0 Å². The van der Waals surface area contributed by atoms with Crippen molar-refractivity contribution in [2.45, 2.75) is 74.7 Å². The number of guanidine groups is 1. The van der Waals surface area contributed by atoms with Gasteiger partial charge >= 0.3 is 12.1 Å². The van der Waals surface area contributed by atoms with Crippen molar-refractivity contribution in [1.82, 2.24) is 47.9 Å².